The average Bonchev–Trinajstić information content (AvgIpc) is 3.69. The number of aldehydes is 1. The molecule has 9 aliphatic rings. The molecular weight excluding hydrogens is 926 g/mol. The summed E-state index contributed by atoms with van der Waals surface area (Å²) in [5, 5.41) is 59.9. The molecule has 17 heteroatoms. The number of aliphatic hydroxyl groups is 5. The largest absolute Gasteiger partial charge is 0.400 e. The van der Waals surface area contributed by atoms with Gasteiger partial charge in [-0.15, -0.1) is 11.6 Å². The molecule has 3 saturated carbocycles. The molecule has 9 fully saturated rings. The third-order valence-corrected chi connectivity index (χ3v) is 18.7. The van der Waals surface area contributed by atoms with Crippen molar-refractivity contribution in [2.75, 3.05) is 18.3 Å². The highest BCUT2D eigenvalue weighted by Crippen LogP contribution is 2.59. The monoisotopic (exact) mass is 1000 g/mol. The predicted octanol–water partition coefficient (Wildman–Crippen LogP) is 4.31. The molecule has 6 saturated heterocycles. The van der Waals surface area contributed by atoms with Gasteiger partial charge >= 0.3 is 0 Å². The Labute approximate surface area is 399 Å². The van der Waals surface area contributed by atoms with Crippen LogP contribution in [-0.2, 0) is 33.4 Å². The zero-order valence-electron chi connectivity index (χ0n) is 39.5. The van der Waals surface area contributed by atoms with Gasteiger partial charge in [0.25, 0.3) is 0 Å². The normalized spacial score (nSPS) is 43.5. The zero-order chi connectivity index (χ0) is 47.8. The molecule has 6 aliphatic heterocycles. The van der Waals surface area contributed by atoms with Crippen LogP contribution in [0.25, 0.3) is 0 Å². The highest BCUT2D eigenvalue weighted by Gasteiger charge is 2.79. The van der Waals surface area contributed by atoms with E-state index in [-0.39, 0.29) is 47.5 Å². The van der Waals surface area contributed by atoms with Crippen molar-refractivity contribution in [1.82, 2.24) is 16.0 Å². The molecule has 6 heterocycles. The molecule has 0 bridgehead atoms. The van der Waals surface area contributed by atoms with Gasteiger partial charge in [-0.2, -0.15) is 0 Å². The van der Waals surface area contributed by atoms with Crippen molar-refractivity contribution < 1.29 is 58.9 Å². The molecule has 3 amide bonds. The molecule has 65 heavy (non-hydrogen) atoms. The van der Waals surface area contributed by atoms with Crippen LogP contribution in [0.1, 0.15) is 150 Å². The Bertz CT molecular complexity index is 1680. The molecule has 8 N–H and O–H groups in total. The summed E-state index contributed by atoms with van der Waals surface area (Å²) in [5.41, 5.74) is -4.85. The van der Waals surface area contributed by atoms with Crippen LogP contribution in [0.3, 0.4) is 0 Å². The molecule has 0 spiro atoms. The molecule has 15 nitrogen and oxygen atoms in total. The van der Waals surface area contributed by atoms with E-state index in [0.717, 1.165) is 77.7 Å². The van der Waals surface area contributed by atoms with Crippen LogP contribution < -0.4 is 16.0 Å². The molecule has 372 valence electrons. The minimum atomic E-state index is -1.12. The number of fused-ring (bicyclic) bond motifs is 3. The van der Waals surface area contributed by atoms with E-state index in [1.54, 1.807) is 0 Å². The maximum atomic E-state index is 12.4. The van der Waals surface area contributed by atoms with Gasteiger partial charge in [-0.3, -0.25) is 14.4 Å². The van der Waals surface area contributed by atoms with E-state index in [0.29, 0.717) is 36.3 Å². The maximum Gasteiger partial charge on any atom is 0.226 e. The lowest BCUT2D eigenvalue weighted by Crippen LogP contribution is -2.82. The number of aliphatic hydroxyl groups excluding tert-OH is 5. The summed E-state index contributed by atoms with van der Waals surface area (Å²) in [6.45, 7) is 9.67. The number of rotatable bonds is 12. The summed E-state index contributed by atoms with van der Waals surface area (Å²) in [7, 11) is 1.00. The Balaban J connectivity index is 0.000000159. The fraction of sp³-hybridized carbons (Fsp3) is 0.917. The van der Waals surface area contributed by atoms with E-state index in [1.165, 1.54) is 32.1 Å². The minimum Gasteiger partial charge on any atom is -0.400 e. The van der Waals surface area contributed by atoms with Gasteiger partial charge in [-0.05, 0) is 103 Å². The van der Waals surface area contributed by atoms with Crippen molar-refractivity contribution in [3.63, 3.8) is 0 Å². The first-order chi connectivity index (χ1) is 30.9. The number of hydrogen-bond donors (Lipinski definition) is 8. The van der Waals surface area contributed by atoms with Gasteiger partial charge in [0.05, 0.1) is 42.2 Å². The van der Waals surface area contributed by atoms with E-state index in [4.69, 9.17) is 30.9 Å². The summed E-state index contributed by atoms with van der Waals surface area (Å²) >= 11 is 9.19. The van der Waals surface area contributed by atoms with Crippen LogP contribution in [0.15, 0.2) is 0 Å². The maximum absolute atomic E-state index is 12.4. The molecule has 0 radical (unpaired) electrons. The van der Waals surface area contributed by atoms with Crippen LogP contribution in [0, 0.1) is 35.5 Å². The summed E-state index contributed by atoms with van der Waals surface area (Å²) in [5.74, 6) is -0.257. The van der Waals surface area contributed by atoms with Crippen molar-refractivity contribution in [2.45, 2.75) is 220 Å². The van der Waals surface area contributed by atoms with E-state index >= 15 is 0 Å². The van der Waals surface area contributed by atoms with Gasteiger partial charge in [0, 0.05) is 18.3 Å². The second-order valence-corrected chi connectivity index (χ2v) is 22.0. The highest BCUT2D eigenvalue weighted by atomic mass is 79.9. The molecule has 0 aromatic rings. The highest BCUT2D eigenvalue weighted by molar-refractivity contribution is 9.09. The van der Waals surface area contributed by atoms with Crippen molar-refractivity contribution in [1.29, 1.82) is 0 Å². The van der Waals surface area contributed by atoms with Gasteiger partial charge in [-0.1, -0.05) is 80.6 Å². The van der Waals surface area contributed by atoms with Gasteiger partial charge in [0.1, 0.15) is 39.5 Å². The Morgan fingerprint density at radius 1 is 0.646 bits per heavy atom. The molecule has 3 aliphatic carbocycles. The Morgan fingerprint density at radius 2 is 1.03 bits per heavy atom. The average molecular weight is 1010 g/mol. The first-order valence-corrected chi connectivity index (χ1v) is 26.3. The zero-order valence-corrected chi connectivity index (χ0v) is 41.8. The Hall–Kier alpha value is -1.47. The summed E-state index contributed by atoms with van der Waals surface area (Å²) in [6.07, 6.45) is 14.9. The predicted molar refractivity (Wildman–Crippen MR) is 247 cm³/mol. The number of hydrogen-bond acceptors (Lipinski definition) is 12. The quantitative estimate of drug-likeness (QED) is 0.101. The number of carbonyl (C=O) groups is 4. The lowest BCUT2D eigenvalue weighted by atomic mass is 9.61. The van der Waals surface area contributed by atoms with Crippen LogP contribution in [0.2, 0.25) is 0 Å². The third-order valence-electron chi connectivity index (χ3n) is 18.0. The van der Waals surface area contributed by atoms with Gasteiger partial charge in [-0.25, -0.2) is 0 Å². The SMILES string of the molecule is CC12OC(C=O)C1(C(O)C1CCCCC1)NC(=O)C2CCCl.CC12OC(O)C1(C(O)C1CCCCC1)NC(=O)C2CCBr.CCC1C(=O)NC2(C(O)C3CCCCC3)C(C)OC12C.CO. The van der Waals surface area contributed by atoms with Crippen LogP contribution in [0.4, 0.5) is 0 Å². The first-order valence-electron chi connectivity index (χ1n) is 24.7. The van der Waals surface area contributed by atoms with Crippen molar-refractivity contribution in [2.24, 2.45) is 35.5 Å². The van der Waals surface area contributed by atoms with E-state index < -0.39 is 70.0 Å². The standard InChI is InChI=1S/C16H24ClNO4.C16H27NO3.C15H24BrNO4.CH4O/c1-15-11(7-8-17)14(21)18-16(15,12(9-19)22-15)13(20)10-5-3-2-4-6-10;1-4-12-14(19)17-16(10(2)20-15(12,16)3)13(18)11-8-6-5-7-9-11;1-14-10(7-8-16)12(19)17-15(14,13(20)21-14)11(18)9-5-3-2-4-6-9;1-2/h9-13,20H,2-8H2,1H3,(H,18,21);10-13,18H,4-9H2,1-3H3,(H,17,19);9-11,13,18,20H,2-8H2,1H3,(H,17,19);2H,1H3. The minimum absolute atomic E-state index is 0.0502. The Kier molecular flexibility index (Phi) is 17.0. The molecule has 15 atom stereocenters. The second-order valence-electron chi connectivity index (χ2n) is 20.9. The van der Waals surface area contributed by atoms with Gasteiger partial charge in [0.15, 0.2) is 12.6 Å². The van der Waals surface area contributed by atoms with Crippen LogP contribution in [0.5, 0.6) is 0 Å². The fourth-order valence-electron chi connectivity index (χ4n) is 14.4. The summed E-state index contributed by atoms with van der Waals surface area (Å²) in [6, 6.07) is 0. The number of ether oxygens (including phenoxy) is 3. The molecule has 0 aromatic carbocycles. The summed E-state index contributed by atoms with van der Waals surface area (Å²) < 4.78 is 17.4. The van der Waals surface area contributed by atoms with Gasteiger partial charge in [0.2, 0.25) is 17.7 Å². The van der Waals surface area contributed by atoms with E-state index in [1.807, 2.05) is 34.6 Å². The second kappa shape index (κ2) is 20.9. The van der Waals surface area contributed by atoms with Crippen molar-refractivity contribution in [3.8, 4) is 0 Å². The van der Waals surface area contributed by atoms with E-state index in [2.05, 4.69) is 31.9 Å². The molecule has 9 rings (SSSR count). The van der Waals surface area contributed by atoms with Crippen LogP contribution >= 0.6 is 27.5 Å². The number of carbonyl (C=O) groups excluding carboxylic acids is 4. The number of alkyl halides is 2. The lowest BCUT2D eigenvalue weighted by molar-refractivity contribution is -0.371. The number of nitrogens with one attached hydrogen (secondary N) is 3. The van der Waals surface area contributed by atoms with Crippen LogP contribution in [-0.4, -0.2) is 138 Å². The number of halogens is 2. The Morgan fingerprint density at radius 3 is 1.45 bits per heavy atom. The smallest absolute Gasteiger partial charge is 0.226 e. The molecule has 0 aromatic heterocycles. The van der Waals surface area contributed by atoms with Gasteiger partial charge < -0.3 is 60.5 Å². The van der Waals surface area contributed by atoms with Crippen molar-refractivity contribution >= 4 is 51.5 Å². The lowest BCUT2D eigenvalue weighted by Gasteiger charge is -2.61. The van der Waals surface area contributed by atoms with Crippen molar-refractivity contribution in [3.05, 3.63) is 0 Å². The third kappa shape index (κ3) is 8.16. The molecule has 15 unspecified atom stereocenters. The summed E-state index contributed by atoms with van der Waals surface area (Å²) in [4.78, 5) is 48.5. The molecular formula is C48H79BrClN3O12. The first kappa shape index (κ1) is 52.9. The number of amides is 3. The topological polar surface area (TPSA) is 233 Å². The fourth-order valence-corrected chi connectivity index (χ4v) is 15.1. The van der Waals surface area contributed by atoms with E-state index in [9.17, 15) is 39.6 Å².